The Hall–Kier alpha value is -3.35. The van der Waals surface area contributed by atoms with E-state index in [2.05, 4.69) is 5.32 Å². The maximum absolute atomic E-state index is 12.6. The molecule has 146 valence electrons. The van der Waals surface area contributed by atoms with Crippen molar-refractivity contribution in [3.8, 4) is 5.75 Å². The highest BCUT2D eigenvalue weighted by atomic mass is 16.5. The predicted molar refractivity (Wildman–Crippen MR) is 103 cm³/mol. The fourth-order valence-corrected chi connectivity index (χ4v) is 3.22. The molecular formula is C21H22N2O5. The Labute approximate surface area is 162 Å². The van der Waals surface area contributed by atoms with Crippen molar-refractivity contribution in [3.63, 3.8) is 0 Å². The van der Waals surface area contributed by atoms with Gasteiger partial charge in [0.25, 0.3) is 0 Å². The van der Waals surface area contributed by atoms with Crippen molar-refractivity contribution in [1.82, 2.24) is 4.90 Å². The Balaban J connectivity index is 1.58. The molecule has 2 atom stereocenters. The molecule has 0 radical (unpaired) electrons. The van der Waals surface area contributed by atoms with Crippen molar-refractivity contribution in [1.29, 1.82) is 0 Å². The zero-order valence-corrected chi connectivity index (χ0v) is 15.5. The summed E-state index contributed by atoms with van der Waals surface area (Å²) in [5.41, 5.74) is 1.60. The Morgan fingerprint density at radius 1 is 1.18 bits per heavy atom. The van der Waals surface area contributed by atoms with Gasteiger partial charge in [-0.25, -0.2) is 4.79 Å². The number of ether oxygens (including phenoxy) is 1. The predicted octanol–water partition coefficient (Wildman–Crippen LogP) is 2.70. The van der Waals surface area contributed by atoms with Gasteiger partial charge in [0.15, 0.2) is 6.61 Å². The highest BCUT2D eigenvalue weighted by Gasteiger charge is 2.37. The molecule has 0 spiro atoms. The summed E-state index contributed by atoms with van der Waals surface area (Å²) in [7, 11) is 0. The number of hydrogen-bond donors (Lipinski definition) is 2. The van der Waals surface area contributed by atoms with Crippen molar-refractivity contribution in [3.05, 3.63) is 60.2 Å². The van der Waals surface area contributed by atoms with Crippen LogP contribution >= 0.6 is 0 Å². The molecule has 0 saturated carbocycles. The summed E-state index contributed by atoms with van der Waals surface area (Å²) >= 11 is 0. The summed E-state index contributed by atoms with van der Waals surface area (Å²) in [5, 5.41) is 11.4. The van der Waals surface area contributed by atoms with Gasteiger partial charge in [0.2, 0.25) is 11.8 Å². The highest BCUT2D eigenvalue weighted by Crippen LogP contribution is 2.29. The van der Waals surface area contributed by atoms with Crippen molar-refractivity contribution in [2.75, 3.05) is 18.5 Å². The largest absolute Gasteiger partial charge is 0.482 e. The quantitative estimate of drug-likeness (QED) is 0.768. The van der Waals surface area contributed by atoms with Crippen LogP contribution in [0.1, 0.15) is 24.9 Å². The smallest absolute Gasteiger partial charge is 0.341 e. The Morgan fingerprint density at radius 3 is 2.50 bits per heavy atom. The van der Waals surface area contributed by atoms with Crippen LogP contribution in [-0.2, 0) is 14.4 Å². The number of nitrogens with one attached hydrogen (secondary N) is 1. The van der Waals surface area contributed by atoms with Gasteiger partial charge in [-0.15, -0.1) is 0 Å². The second-order valence-electron chi connectivity index (χ2n) is 6.73. The van der Waals surface area contributed by atoms with Crippen LogP contribution in [0.2, 0.25) is 0 Å². The maximum Gasteiger partial charge on any atom is 0.341 e. The lowest BCUT2D eigenvalue weighted by atomic mass is 10.1. The molecule has 0 aliphatic carbocycles. The maximum atomic E-state index is 12.6. The minimum atomic E-state index is -1.06. The zero-order valence-electron chi connectivity index (χ0n) is 15.5. The lowest BCUT2D eigenvalue weighted by Crippen LogP contribution is -2.30. The number of anilines is 1. The topological polar surface area (TPSA) is 95.9 Å². The molecule has 1 heterocycles. The number of rotatable bonds is 7. The fourth-order valence-electron chi connectivity index (χ4n) is 3.22. The fraction of sp³-hybridized carbons (Fsp3) is 0.286. The Kier molecular flexibility index (Phi) is 5.93. The molecule has 7 nitrogen and oxygen atoms in total. The van der Waals surface area contributed by atoms with E-state index in [0.717, 1.165) is 5.56 Å². The molecule has 1 fully saturated rings. The van der Waals surface area contributed by atoms with Crippen molar-refractivity contribution in [2.45, 2.75) is 19.4 Å². The van der Waals surface area contributed by atoms with Crippen LogP contribution in [0.4, 0.5) is 5.69 Å². The second kappa shape index (κ2) is 8.56. The number of nitrogens with zero attached hydrogens (tertiary/aromatic N) is 1. The number of carboxylic acids is 1. The summed E-state index contributed by atoms with van der Waals surface area (Å²) in [5.74, 6) is -1.32. The summed E-state index contributed by atoms with van der Waals surface area (Å²) < 4.78 is 5.06. The number of carbonyl (C=O) groups is 3. The average molecular weight is 382 g/mol. The molecule has 2 aromatic carbocycles. The number of likely N-dealkylation sites (tertiary alicyclic amines) is 1. The standard InChI is InChI=1S/C21H22N2O5/c1-14(15-5-3-2-4-6-15)23-12-16(11-19(23)24)21(27)22-17-7-9-18(10-8-17)28-13-20(25)26/h2-10,14,16H,11-13H2,1H3,(H,22,27)(H,25,26). The van der Waals surface area contributed by atoms with Gasteiger partial charge in [0.05, 0.1) is 12.0 Å². The van der Waals surface area contributed by atoms with Crippen molar-refractivity contribution >= 4 is 23.5 Å². The number of carboxylic acid groups (broad SMARTS) is 1. The molecule has 0 bridgehead atoms. The summed E-state index contributed by atoms with van der Waals surface area (Å²) in [6.07, 6.45) is 0.183. The van der Waals surface area contributed by atoms with Crippen LogP contribution in [0, 0.1) is 5.92 Å². The SMILES string of the molecule is CC(c1ccccc1)N1CC(C(=O)Nc2ccc(OCC(=O)O)cc2)CC1=O. The van der Waals surface area contributed by atoms with Crippen LogP contribution in [0.3, 0.4) is 0 Å². The first-order chi connectivity index (χ1) is 13.4. The van der Waals surface area contributed by atoms with E-state index in [4.69, 9.17) is 9.84 Å². The van der Waals surface area contributed by atoms with Crippen LogP contribution in [-0.4, -0.2) is 40.9 Å². The van der Waals surface area contributed by atoms with E-state index in [1.165, 1.54) is 0 Å². The number of hydrogen-bond acceptors (Lipinski definition) is 4. The highest BCUT2D eigenvalue weighted by molar-refractivity contribution is 5.97. The molecule has 2 amide bonds. The summed E-state index contributed by atoms with van der Waals surface area (Å²) in [6.45, 7) is 1.91. The van der Waals surface area contributed by atoms with Crippen LogP contribution < -0.4 is 10.1 Å². The van der Waals surface area contributed by atoms with E-state index >= 15 is 0 Å². The normalized spacial score (nSPS) is 17.2. The van der Waals surface area contributed by atoms with Crippen LogP contribution in [0.5, 0.6) is 5.75 Å². The summed E-state index contributed by atoms with van der Waals surface area (Å²) in [6, 6.07) is 16.1. The van der Waals surface area contributed by atoms with E-state index in [9.17, 15) is 14.4 Å². The number of amides is 2. The molecule has 1 aliphatic rings. The van der Waals surface area contributed by atoms with Crippen molar-refractivity contribution < 1.29 is 24.2 Å². The molecule has 2 unspecified atom stereocenters. The lowest BCUT2D eigenvalue weighted by Gasteiger charge is -2.25. The first-order valence-corrected chi connectivity index (χ1v) is 9.04. The first-order valence-electron chi connectivity index (χ1n) is 9.04. The molecule has 3 rings (SSSR count). The molecule has 2 N–H and O–H groups in total. The molecular weight excluding hydrogens is 360 g/mol. The third-order valence-electron chi connectivity index (χ3n) is 4.76. The molecule has 7 heteroatoms. The lowest BCUT2D eigenvalue weighted by molar-refractivity contribution is -0.139. The van der Waals surface area contributed by atoms with Gasteiger partial charge in [0, 0.05) is 18.7 Å². The van der Waals surface area contributed by atoms with Gasteiger partial charge in [-0.3, -0.25) is 9.59 Å². The van der Waals surface area contributed by atoms with Gasteiger partial charge in [-0.05, 0) is 36.8 Å². The number of benzene rings is 2. The van der Waals surface area contributed by atoms with Gasteiger partial charge in [0.1, 0.15) is 5.75 Å². The number of carbonyl (C=O) groups excluding carboxylic acids is 2. The van der Waals surface area contributed by atoms with Gasteiger partial charge in [-0.2, -0.15) is 0 Å². The average Bonchev–Trinajstić information content (AvgIpc) is 3.09. The van der Waals surface area contributed by atoms with E-state index < -0.39 is 18.5 Å². The van der Waals surface area contributed by atoms with E-state index in [1.807, 2.05) is 37.3 Å². The van der Waals surface area contributed by atoms with Crippen molar-refractivity contribution in [2.24, 2.45) is 5.92 Å². The minimum Gasteiger partial charge on any atom is -0.482 e. The number of aliphatic carboxylic acids is 1. The summed E-state index contributed by atoms with van der Waals surface area (Å²) in [4.78, 5) is 37.2. The van der Waals surface area contributed by atoms with E-state index in [-0.39, 0.29) is 24.3 Å². The van der Waals surface area contributed by atoms with Crippen LogP contribution in [0.25, 0.3) is 0 Å². The molecule has 0 aromatic heterocycles. The Morgan fingerprint density at radius 2 is 1.86 bits per heavy atom. The molecule has 1 aliphatic heterocycles. The van der Waals surface area contributed by atoms with E-state index in [0.29, 0.717) is 18.0 Å². The molecule has 28 heavy (non-hydrogen) atoms. The minimum absolute atomic E-state index is 0.0334. The first kappa shape index (κ1) is 19.4. The van der Waals surface area contributed by atoms with Gasteiger partial charge >= 0.3 is 5.97 Å². The Bertz CT molecular complexity index is 851. The third kappa shape index (κ3) is 4.68. The molecule has 2 aromatic rings. The monoisotopic (exact) mass is 382 g/mol. The second-order valence-corrected chi connectivity index (χ2v) is 6.73. The van der Waals surface area contributed by atoms with Gasteiger partial charge < -0.3 is 20.1 Å². The van der Waals surface area contributed by atoms with Crippen LogP contribution in [0.15, 0.2) is 54.6 Å². The zero-order chi connectivity index (χ0) is 20.1. The molecule has 1 saturated heterocycles. The third-order valence-corrected chi connectivity index (χ3v) is 4.76. The van der Waals surface area contributed by atoms with Gasteiger partial charge in [-0.1, -0.05) is 30.3 Å². The van der Waals surface area contributed by atoms with E-state index in [1.54, 1.807) is 29.2 Å².